The van der Waals surface area contributed by atoms with Crippen molar-refractivity contribution in [2.45, 2.75) is 64.7 Å². The lowest BCUT2D eigenvalue weighted by atomic mass is 9.64. The van der Waals surface area contributed by atoms with E-state index in [2.05, 4.69) is 37.8 Å². The van der Waals surface area contributed by atoms with Crippen molar-refractivity contribution in [3.63, 3.8) is 0 Å². The van der Waals surface area contributed by atoms with Crippen LogP contribution in [0.15, 0.2) is 24.3 Å². The molecule has 2 saturated heterocycles. The Morgan fingerprint density at radius 3 is 2.45 bits per heavy atom. The Labute approximate surface area is 171 Å². The van der Waals surface area contributed by atoms with E-state index in [-0.39, 0.29) is 23.6 Å². The molecule has 6 atom stereocenters. The van der Waals surface area contributed by atoms with Crippen LogP contribution in [0.2, 0.25) is 0 Å². The van der Waals surface area contributed by atoms with Gasteiger partial charge in [0.25, 0.3) is 0 Å². The summed E-state index contributed by atoms with van der Waals surface area (Å²) in [6, 6.07) is 4.29. The van der Waals surface area contributed by atoms with E-state index >= 15 is 0 Å². The first-order valence-corrected chi connectivity index (χ1v) is 10.6. The van der Waals surface area contributed by atoms with E-state index in [1.807, 2.05) is 6.92 Å². The van der Waals surface area contributed by atoms with Gasteiger partial charge in [0.05, 0.1) is 12.0 Å². The molecule has 0 amide bonds. The summed E-state index contributed by atoms with van der Waals surface area (Å²) < 4.78 is 5.98. The number of fused-ring (bicyclic) bond motifs is 4. The average molecular weight is 395 g/mol. The zero-order chi connectivity index (χ0) is 20.9. The molecule has 3 unspecified atom stereocenters. The second-order valence-corrected chi connectivity index (χ2v) is 9.89. The number of hydrogen-bond acceptors (Lipinski definition) is 5. The van der Waals surface area contributed by atoms with E-state index in [0.29, 0.717) is 6.54 Å². The predicted molar refractivity (Wildman–Crippen MR) is 110 cm³/mol. The molecule has 5 rings (SSSR count). The Morgan fingerprint density at radius 1 is 1.14 bits per heavy atom. The molecule has 4 aliphatic rings. The van der Waals surface area contributed by atoms with Crippen LogP contribution >= 0.6 is 0 Å². The highest BCUT2D eigenvalue weighted by Crippen LogP contribution is 2.62. The number of hydrogen-bond donors (Lipinski definition) is 1. The van der Waals surface area contributed by atoms with Crippen LogP contribution in [0.3, 0.4) is 0 Å². The number of anilines is 1. The smallest absolute Gasteiger partial charge is 0.334 e. The van der Waals surface area contributed by atoms with Crippen molar-refractivity contribution in [1.82, 2.24) is 0 Å². The molecular formula is C24H29NO4. The third kappa shape index (κ3) is 2.04. The molecule has 3 fully saturated rings. The van der Waals surface area contributed by atoms with Crippen molar-refractivity contribution in [2.75, 3.05) is 11.4 Å². The first-order valence-electron chi connectivity index (χ1n) is 10.6. The van der Waals surface area contributed by atoms with E-state index in [1.165, 1.54) is 11.6 Å². The number of nitrogens with zero attached hydrogens (tertiary/aromatic N) is 1. The van der Waals surface area contributed by atoms with Gasteiger partial charge in [-0.2, -0.15) is 0 Å². The highest BCUT2D eigenvalue weighted by atomic mass is 16.6. The number of carbonyl (C=O) groups excluding carboxylic acids is 2. The fraction of sp³-hybridized carbons (Fsp3) is 0.583. The maximum atomic E-state index is 13.3. The van der Waals surface area contributed by atoms with Crippen LogP contribution in [0.1, 0.15) is 43.4 Å². The number of aryl methyl sites for hydroxylation is 3. The van der Waals surface area contributed by atoms with Crippen LogP contribution in [-0.2, 0) is 14.3 Å². The van der Waals surface area contributed by atoms with Crippen molar-refractivity contribution in [1.29, 1.82) is 0 Å². The van der Waals surface area contributed by atoms with E-state index in [9.17, 15) is 14.7 Å². The SMILES string of the molecule is Cc1cc(C)c(N2CC23C(=O)OC2C3CC[C@H](C)[C@]3(O)C=CC(=O)[C@@]23C)c(C)c1. The summed E-state index contributed by atoms with van der Waals surface area (Å²) in [5.74, 6) is -0.569. The van der Waals surface area contributed by atoms with Gasteiger partial charge in [0, 0.05) is 11.6 Å². The Bertz CT molecular complexity index is 960. The monoisotopic (exact) mass is 395 g/mol. The van der Waals surface area contributed by atoms with Crippen LogP contribution in [0.25, 0.3) is 0 Å². The van der Waals surface area contributed by atoms with Gasteiger partial charge in [0.2, 0.25) is 0 Å². The minimum absolute atomic E-state index is 0.0772. The second-order valence-electron chi connectivity index (χ2n) is 9.89. The van der Waals surface area contributed by atoms with Crippen LogP contribution in [0, 0.1) is 38.0 Å². The Kier molecular flexibility index (Phi) is 3.58. The molecule has 2 heterocycles. The topological polar surface area (TPSA) is 66.6 Å². The van der Waals surface area contributed by atoms with E-state index < -0.39 is 22.7 Å². The molecule has 0 bridgehead atoms. The number of aliphatic hydroxyl groups is 1. The standard InChI is InChI=1S/C24H29NO4/c1-13-10-14(2)19(15(3)11-13)25-12-23(25)17-7-6-16(4)24(28)9-8-18(26)22(24,5)20(17)29-21(23)27/h8-11,16-17,20,28H,6-7,12H2,1-5H3/t16-,17?,20?,22-,23?,24+,25?/m0/s1. The lowest BCUT2D eigenvalue weighted by molar-refractivity contribution is -0.166. The van der Waals surface area contributed by atoms with Crippen LogP contribution in [0.5, 0.6) is 0 Å². The van der Waals surface area contributed by atoms with Gasteiger partial charge in [0.15, 0.2) is 11.3 Å². The lowest BCUT2D eigenvalue weighted by Crippen LogP contribution is -2.57. The fourth-order valence-electron chi connectivity index (χ4n) is 6.63. The van der Waals surface area contributed by atoms with Gasteiger partial charge >= 0.3 is 5.97 Å². The van der Waals surface area contributed by atoms with Gasteiger partial charge in [-0.25, -0.2) is 4.79 Å². The van der Waals surface area contributed by atoms with Crippen molar-refractivity contribution in [3.8, 4) is 0 Å². The van der Waals surface area contributed by atoms with Gasteiger partial charge in [-0.05, 0) is 69.7 Å². The molecule has 29 heavy (non-hydrogen) atoms. The van der Waals surface area contributed by atoms with E-state index in [4.69, 9.17) is 4.74 Å². The van der Waals surface area contributed by atoms with Crippen LogP contribution < -0.4 is 4.90 Å². The van der Waals surface area contributed by atoms with Gasteiger partial charge in [-0.1, -0.05) is 24.6 Å². The summed E-state index contributed by atoms with van der Waals surface area (Å²) in [4.78, 5) is 28.4. The quantitative estimate of drug-likeness (QED) is 0.585. The first-order chi connectivity index (χ1) is 13.6. The zero-order valence-electron chi connectivity index (χ0n) is 17.8. The Balaban J connectivity index is 1.60. The van der Waals surface area contributed by atoms with Crippen molar-refractivity contribution >= 4 is 17.4 Å². The molecular weight excluding hydrogens is 366 g/mol. The Hall–Kier alpha value is -2.14. The van der Waals surface area contributed by atoms with E-state index in [1.54, 1.807) is 13.0 Å². The first kappa shape index (κ1) is 18.9. The molecule has 1 aromatic rings. The fourth-order valence-corrected chi connectivity index (χ4v) is 6.63. The minimum atomic E-state index is -1.27. The van der Waals surface area contributed by atoms with Gasteiger partial charge in [0.1, 0.15) is 11.7 Å². The van der Waals surface area contributed by atoms with Gasteiger partial charge < -0.3 is 14.7 Å². The van der Waals surface area contributed by atoms with E-state index in [0.717, 1.165) is 29.7 Å². The highest BCUT2D eigenvalue weighted by molar-refractivity contribution is 6.02. The molecule has 2 aliphatic carbocycles. The van der Waals surface area contributed by atoms with Crippen LogP contribution in [-0.4, -0.2) is 40.6 Å². The molecule has 1 N–H and O–H groups in total. The summed E-state index contributed by atoms with van der Waals surface area (Å²) in [7, 11) is 0. The molecule has 0 radical (unpaired) electrons. The predicted octanol–water partition coefficient (Wildman–Crippen LogP) is 3.02. The number of ketones is 1. The summed E-state index contributed by atoms with van der Waals surface area (Å²) in [6.07, 6.45) is 4.03. The van der Waals surface area contributed by atoms with Crippen molar-refractivity contribution in [2.24, 2.45) is 17.3 Å². The molecule has 1 aromatic carbocycles. The lowest BCUT2D eigenvalue weighted by Gasteiger charge is -2.43. The summed E-state index contributed by atoms with van der Waals surface area (Å²) in [5.41, 5.74) is 1.49. The Morgan fingerprint density at radius 2 is 1.79 bits per heavy atom. The number of carbonyl (C=O) groups is 2. The van der Waals surface area contributed by atoms with Gasteiger partial charge in [-0.15, -0.1) is 0 Å². The maximum absolute atomic E-state index is 13.3. The largest absolute Gasteiger partial charge is 0.459 e. The average Bonchev–Trinajstić information content (AvgIpc) is 3.25. The number of ether oxygens (including phenoxy) is 1. The molecule has 2 aliphatic heterocycles. The van der Waals surface area contributed by atoms with Gasteiger partial charge in [-0.3, -0.25) is 4.79 Å². The van der Waals surface area contributed by atoms with Crippen LogP contribution in [0.4, 0.5) is 5.69 Å². The summed E-state index contributed by atoms with van der Waals surface area (Å²) in [5, 5.41) is 11.5. The zero-order valence-corrected chi connectivity index (χ0v) is 17.8. The van der Waals surface area contributed by atoms with Crippen molar-refractivity contribution < 1.29 is 19.4 Å². The molecule has 5 heteroatoms. The van der Waals surface area contributed by atoms with Crippen molar-refractivity contribution in [3.05, 3.63) is 41.0 Å². The number of rotatable bonds is 1. The molecule has 1 spiro atoms. The summed E-state index contributed by atoms with van der Waals surface area (Å²) in [6.45, 7) is 10.6. The summed E-state index contributed by atoms with van der Waals surface area (Å²) >= 11 is 0. The molecule has 0 aromatic heterocycles. The number of esters is 1. The third-order valence-electron chi connectivity index (χ3n) is 8.31. The minimum Gasteiger partial charge on any atom is -0.459 e. The highest BCUT2D eigenvalue weighted by Gasteiger charge is 2.77. The second kappa shape index (κ2) is 5.51. The number of allylic oxidation sites excluding steroid dienone is 1. The molecule has 154 valence electrons. The molecule has 5 nitrogen and oxygen atoms in total. The molecule has 1 saturated carbocycles. The normalized spacial score (nSPS) is 42.7. The maximum Gasteiger partial charge on any atom is 0.334 e. The third-order valence-corrected chi connectivity index (χ3v) is 8.31. The number of benzene rings is 1.